The predicted octanol–water partition coefficient (Wildman–Crippen LogP) is 3.80. The molecular formula is C13H16N2OS3. The van der Waals surface area contributed by atoms with Crippen LogP contribution in [0.2, 0.25) is 0 Å². The van der Waals surface area contributed by atoms with E-state index in [1.165, 1.54) is 37.0 Å². The first-order valence-electron chi connectivity index (χ1n) is 6.41. The van der Waals surface area contributed by atoms with Crippen molar-refractivity contribution in [3.8, 4) is 0 Å². The molecule has 0 saturated heterocycles. The van der Waals surface area contributed by atoms with Gasteiger partial charge >= 0.3 is 0 Å². The van der Waals surface area contributed by atoms with Crippen LogP contribution in [0.5, 0.6) is 0 Å². The van der Waals surface area contributed by atoms with Gasteiger partial charge in [-0.25, -0.2) is 0 Å². The number of thioether (sulfide) groups is 1. The van der Waals surface area contributed by atoms with Gasteiger partial charge in [-0.3, -0.25) is 9.36 Å². The molecule has 6 heteroatoms. The lowest BCUT2D eigenvalue weighted by molar-refractivity contribution is 0.489. The Morgan fingerprint density at radius 1 is 1.53 bits per heavy atom. The predicted molar refractivity (Wildman–Crippen MR) is 86.0 cm³/mol. The van der Waals surface area contributed by atoms with Crippen molar-refractivity contribution in [2.75, 3.05) is 6.26 Å². The zero-order valence-corrected chi connectivity index (χ0v) is 13.2. The third-order valence-electron chi connectivity index (χ3n) is 4.00. The first-order chi connectivity index (χ1) is 9.15. The van der Waals surface area contributed by atoms with E-state index in [1.807, 2.05) is 23.2 Å². The summed E-state index contributed by atoms with van der Waals surface area (Å²) in [6, 6.07) is 1.88. The number of nitrogens with one attached hydrogen (secondary N) is 1. The third-order valence-corrected chi connectivity index (χ3v) is 6.56. The van der Waals surface area contributed by atoms with E-state index in [1.54, 1.807) is 4.57 Å². The van der Waals surface area contributed by atoms with Crippen molar-refractivity contribution in [1.29, 1.82) is 0 Å². The molecule has 0 spiro atoms. The van der Waals surface area contributed by atoms with Gasteiger partial charge in [0.05, 0.1) is 5.39 Å². The Hall–Kier alpha value is -0.590. The molecule has 1 aliphatic rings. The van der Waals surface area contributed by atoms with Crippen LogP contribution in [0.4, 0.5) is 0 Å². The maximum absolute atomic E-state index is 12.5. The van der Waals surface area contributed by atoms with Crippen molar-refractivity contribution in [3.05, 3.63) is 26.6 Å². The van der Waals surface area contributed by atoms with Crippen LogP contribution < -0.4 is 5.56 Å². The molecule has 1 N–H and O–H groups in total. The molecule has 1 fully saturated rings. The average molecular weight is 312 g/mol. The fraction of sp³-hybridized carbons (Fsp3) is 0.538. The molecule has 1 saturated carbocycles. The van der Waals surface area contributed by atoms with Crippen LogP contribution in [-0.2, 0) is 6.54 Å². The lowest BCUT2D eigenvalue weighted by atomic mass is 10.1. The highest BCUT2D eigenvalue weighted by molar-refractivity contribution is 8.00. The van der Waals surface area contributed by atoms with Crippen molar-refractivity contribution in [3.63, 3.8) is 0 Å². The van der Waals surface area contributed by atoms with Gasteiger partial charge in [0.2, 0.25) is 0 Å². The maximum Gasteiger partial charge on any atom is 0.263 e. The molecule has 0 atom stereocenters. The molecule has 19 heavy (non-hydrogen) atoms. The number of fused-ring (bicyclic) bond motifs is 1. The first kappa shape index (κ1) is 13.4. The minimum atomic E-state index is 0.0559. The summed E-state index contributed by atoms with van der Waals surface area (Å²) in [6.45, 7) is 0.730. The van der Waals surface area contributed by atoms with Crippen molar-refractivity contribution < 1.29 is 0 Å². The van der Waals surface area contributed by atoms with Gasteiger partial charge in [-0.1, -0.05) is 12.8 Å². The van der Waals surface area contributed by atoms with Gasteiger partial charge in [-0.05, 0) is 42.8 Å². The highest BCUT2D eigenvalue weighted by atomic mass is 32.2. The second-order valence-electron chi connectivity index (χ2n) is 5.08. The molecule has 3 rings (SSSR count). The van der Waals surface area contributed by atoms with Crippen molar-refractivity contribution >= 4 is 45.5 Å². The van der Waals surface area contributed by atoms with Crippen LogP contribution >= 0.6 is 35.3 Å². The van der Waals surface area contributed by atoms with Gasteiger partial charge in [0, 0.05) is 11.3 Å². The normalized spacial score (nSPS) is 18.2. The molecule has 2 aromatic rings. The zero-order chi connectivity index (χ0) is 13.5. The summed E-state index contributed by atoms with van der Waals surface area (Å²) in [5.41, 5.74) is 0.0559. The summed E-state index contributed by atoms with van der Waals surface area (Å²) in [4.78, 5) is 16.6. The number of hydrogen-bond donors (Lipinski definition) is 1. The summed E-state index contributed by atoms with van der Waals surface area (Å²) >= 11 is 8.78. The summed E-state index contributed by atoms with van der Waals surface area (Å²) in [6.07, 6.45) is 7.01. The molecule has 0 radical (unpaired) electrons. The molecule has 3 nitrogen and oxygen atoms in total. The van der Waals surface area contributed by atoms with Gasteiger partial charge in [0.15, 0.2) is 4.77 Å². The van der Waals surface area contributed by atoms with Gasteiger partial charge in [0.1, 0.15) is 4.83 Å². The molecule has 0 aromatic carbocycles. The number of aromatic amines is 1. The molecule has 0 amide bonds. The maximum atomic E-state index is 12.5. The average Bonchev–Trinajstić information content (AvgIpc) is 3.04. The lowest BCUT2D eigenvalue weighted by Crippen LogP contribution is -2.33. The Kier molecular flexibility index (Phi) is 3.57. The van der Waals surface area contributed by atoms with Crippen LogP contribution in [0.1, 0.15) is 25.7 Å². The molecule has 0 unspecified atom stereocenters. The van der Waals surface area contributed by atoms with E-state index in [0.29, 0.717) is 4.77 Å². The Morgan fingerprint density at radius 3 is 2.95 bits per heavy atom. The largest absolute Gasteiger partial charge is 0.323 e. The van der Waals surface area contributed by atoms with Crippen LogP contribution in [0.3, 0.4) is 0 Å². The molecule has 0 aliphatic heterocycles. The number of thiophene rings is 1. The first-order valence-corrected chi connectivity index (χ1v) is 8.92. The monoisotopic (exact) mass is 312 g/mol. The minimum absolute atomic E-state index is 0.0559. The number of H-pyrrole nitrogens is 1. The highest BCUT2D eigenvalue weighted by Gasteiger charge is 2.34. The molecule has 2 aromatic heterocycles. The Balaban J connectivity index is 2.10. The second kappa shape index (κ2) is 5.07. The third kappa shape index (κ3) is 2.30. The smallest absolute Gasteiger partial charge is 0.263 e. The van der Waals surface area contributed by atoms with Gasteiger partial charge in [0.25, 0.3) is 5.56 Å². The van der Waals surface area contributed by atoms with Crippen LogP contribution in [0.15, 0.2) is 16.2 Å². The number of aromatic nitrogens is 2. The standard InChI is InChI=1S/C13H16N2OS3/c1-18-13(5-2-3-6-13)8-15-11(16)9-4-7-19-10(9)14-12(15)17/h4,7H,2-3,5-6,8H2,1H3,(H,14,17). The molecule has 2 heterocycles. The lowest BCUT2D eigenvalue weighted by Gasteiger charge is -2.27. The Morgan fingerprint density at radius 2 is 2.26 bits per heavy atom. The highest BCUT2D eigenvalue weighted by Crippen LogP contribution is 2.41. The van der Waals surface area contributed by atoms with Crippen LogP contribution in [0, 0.1) is 4.77 Å². The number of rotatable bonds is 3. The zero-order valence-electron chi connectivity index (χ0n) is 10.8. The van der Waals surface area contributed by atoms with E-state index in [-0.39, 0.29) is 10.3 Å². The van der Waals surface area contributed by atoms with E-state index in [9.17, 15) is 4.79 Å². The van der Waals surface area contributed by atoms with E-state index < -0.39 is 0 Å². The van der Waals surface area contributed by atoms with Crippen molar-refractivity contribution in [2.45, 2.75) is 37.0 Å². The summed E-state index contributed by atoms with van der Waals surface area (Å²) in [5, 5.41) is 2.69. The topological polar surface area (TPSA) is 37.8 Å². The molecule has 102 valence electrons. The van der Waals surface area contributed by atoms with Gasteiger partial charge < -0.3 is 4.98 Å². The quantitative estimate of drug-likeness (QED) is 0.876. The van der Waals surface area contributed by atoms with Gasteiger partial charge in [-0.15, -0.1) is 11.3 Å². The number of nitrogens with zero attached hydrogens (tertiary/aromatic N) is 1. The van der Waals surface area contributed by atoms with Crippen molar-refractivity contribution in [1.82, 2.24) is 9.55 Å². The van der Waals surface area contributed by atoms with E-state index in [4.69, 9.17) is 12.2 Å². The fourth-order valence-electron chi connectivity index (χ4n) is 2.85. The fourth-order valence-corrected chi connectivity index (χ4v) is 4.90. The minimum Gasteiger partial charge on any atom is -0.323 e. The summed E-state index contributed by atoms with van der Waals surface area (Å²) in [7, 11) is 0. The summed E-state index contributed by atoms with van der Waals surface area (Å²) in [5.74, 6) is 0. The second-order valence-corrected chi connectivity index (χ2v) is 7.66. The van der Waals surface area contributed by atoms with Crippen LogP contribution in [-0.4, -0.2) is 20.6 Å². The molecular weight excluding hydrogens is 296 g/mol. The number of hydrogen-bond acceptors (Lipinski definition) is 4. The van der Waals surface area contributed by atoms with E-state index >= 15 is 0 Å². The van der Waals surface area contributed by atoms with E-state index in [0.717, 1.165) is 16.8 Å². The van der Waals surface area contributed by atoms with Crippen LogP contribution in [0.25, 0.3) is 10.2 Å². The van der Waals surface area contributed by atoms with Crippen molar-refractivity contribution in [2.24, 2.45) is 0 Å². The Bertz CT molecular complexity index is 706. The summed E-state index contributed by atoms with van der Waals surface area (Å²) < 4.78 is 2.50. The van der Waals surface area contributed by atoms with E-state index in [2.05, 4.69) is 11.2 Å². The Labute approximate surface area is 125 Å². The van der Waals surface area contributed by atoms with Gasteiger partial charge in [-0.2, -0.15) is 11.8 Å². The SMILES string of the molecule is CSC1(Cn2c(=S)[nH]c3sccc3c2=O)CCCC1. The molecule has 0 bridgehead atoms. The molecule has 1 aliphatic carbocycles.